The number of rotatable bonds is 2. The molecule has 6 heteroatoms. The van der Waals surface area contributed by atoms with E-state index in [4.69, 9.17) is 11.6 Å². The third-order valence-electron chi connectivity index (χ3n) is 1.38. The second-order valence-corrected chi connectivity index (χ2v) is 4.74. The first-order chi connectivity index (χ1) is 7.42. The third-order valence-corrected chi connectivity index (χ3v) is 3.05. The summed E-state index contributed by atoms with van der Waals surface area (Å²) in [4.78, 5) is 10.6. The van der Waals surface area contributed by atoms with Crippen LogP contribution in [0.5, 0.6) is 0 Å². The summed E-state index contributed by atoms with van der Waals surface area (Å²) < 4.78 is 24.6. The molecule has 4 nitrogen and oxygen atoms in total. The summed E-state index contributed by atoms with van der Waals surface area (Å²) >= 11 is 5.61. The van der Waals surface area contributed by atoms with Gasteiger partial charge in [0, 0.05) is 11.9 Å². The lowest BCUT2D eigenvalue weighted by molar-refractivity contribution is -0.117. The minimum atomic E-state index is -3.77. The number of sulfonamides is 1. The van der Waals surface area contributed by atoms with E-state index < -0.39 is 15.9 Å². The number of amides is 1. The summed E-state index contributed by atoms with van der Waals surface area (Å²) in [6.45, 7) is 5.13. The van der Waals surface area contributed by atoms with Crippen molar-refractivity contribution in [2.75, 3.05) is 0 Å². The van der Waals surface area contributed by atoms with Crippen LogP contribution < -0.4 is 4.72 Å². The molecule has 16 heavy (non-hydrogen) atoms. The highest BCUT2D eigenvalue weighted by Crippen LogP contribution is 2.14. The zero-order chi connectivity index (χ0) is 12.8. The first kappa shape index (κ1) is 14.9. The topological polar surface area (TPSA) is 63.2 Å². The van der Waals surface area contributed by atoms with Crippen molar-refractivity contribution in [3.05, 3.63) is 29.3 Å². The van der Waals surface area contributed by atoms with Crippen LogP contribution in [0.15, 0.2) is 29.2 Å². The molecule has 0 aliphatic carbocycles. The van der Waals surface area contributed by atoms with Crippen molar-refractivity contribution in [3.8, 4) is 0 Å². The van der Waals surface area contributed by atoms with Crippen LogP contribution in [0.2, 0.25) is 5.02 Å². The molecule has 0 spiro atoms. The molecule has 0 heterocycles. The maximum Gasteiger partial charge on any atom is 0.264 e. The second-order valence-electron chi connectivity index (χ2n) is 2.62. The van der Waals surface area contributed by atoms with Crippen molar-refractivity contribution >= 4 is 27.5 Å². The van der Waals surface area contributed by atoms with Gasteiger partial charge in [-0.3, -0.25) is 4.79 Å². The van der Waals surface area contributed by atoms with E-state index in [9.17, 15) is 13.2 Å². The normalized spacial score (nSPS) is 10.0. The fourth-order valence-corrected chi connectivity index (χ4v) is 2.17. The Morgan fingerprint density at radius 1 is 1.31 bits per heavy atom. The first-order valence-electron chi connectivity index (χ1n) is 4.71. The molecule has 0 aromatic heterocycles. The molecule has 1 N–H and O–H groups in total. The van der Waals surface area contributed by atoms with E-state index in [-0.39, 0.29) is 4.90 Å². The minimum Gasteiger partial charge on any atom is -0.274 e. The van der Waals surface area contributed by atoms with Gasteiger partial charge in [-0.1, -0.05) is 31.5 Å². The van der Waals surface area contributed by atoms with E-state index in [0.29, 0.717) is 5.02 Å². The fourth-order valence-electron chi connectivity index (χ4n) is 0.882. The summed E-state index contributed by atoms with van der Waals surface area (Å²) in [6.07, 6.45) is 0. The zero-order valence-corrected chi connectivity index (χ0v) is 10.9. The van der Waals surface area contributed by atoms with Gasteiger partial charge in [0.1, 0.15) is 0 Å². The van der Waals surface area contributed by atoms with Crippen LogP contribution in [-0.4, -0.2) is 14.3 Å². The van der Waals surface area contributed by atoms with Crippen molar-refractivity contribution in [1.29, 1.82) is 0 Å². The highest BCUT2D eigenvalue weighted by atomic mass is 35.5. The Morgan fingerprint density at radius 2 is 1.88 bits per heavy atom. The van der Waals surface area contributed by atoms with Crippen molar-refractivity contribution in [2.24, 2.45) is 0 Å². The molecule has 1 rings (SSSR count). The average Bonchev–Trinajstić information content (AvgIpc) is 2.19. The van der Waals surface area contributed by atoms with Gasteiger partial charge in [0.15, 0.2) is 0 Å². The van der Waals surface area contributed by atoms with Gasteiger partial charge in [0.05, 0.1) is 4.90 Å². The van der Waals surface area contributed by atoms with E-state index in [1.807, 2.05) is 18.6 Å². The Morgan fingerprint density at radius 3 is 2.31 bits per heavy atom. The highest BCUT2D eigenvalue weighted by molar-refractivity contribution is 7.90. The molecule has 0 aliphatic heterocycles. The fraction of sp³-hybridized carbons (Fsp3) is 0.300. The first-order valence-corrected chi connectivity index (χ1v) is 6.57. The van der Waals surface area contributed by atoms with Gasteiger partial charge in [-0.25, -0.2) is 13.1 Å². The number of carbonyl (C=O) groups is 1. The van der Waals surface area contributed by atoms with Crippen LogP contribution >= 0.6 is 11.6 Å². The van der Waals surface area contributed by atoms with E-state index in [1.165, 1.54) is 18.2 Å². The van der Waals surface area contributed by atoms with Gasteiger partial charge in [0.2, 0.25) is 5.91 Å². The van der Waals surface area contributed by atoms with E-state index in [0.717, 1.165) is 6.92 Å². The van der Waals surface area contributed by atoms with Gasteiger partial charge in [-0.2, -0.15) is 0 Å². The SMILES string of the molecule is CC.CC(=O)NS(=O)(=O)c1cccc(Cl)c1. The molecule has 1 amide bonds. The van der Waals surface area contributed by atoms with Crippen molar-refractivity contribution in [3.63, 3.8) is 0 Å². The molecule has 0 radical (unpaired) electrons. The van der Waals surface area contributed by atoms with Crippen LogP contribution in [0.4, 0.5) is 0 Å². The van der Waals surface area contributed by atoms with Gasteiger partial charge in [-0.15, -0.1) is 0 Å². The van der Waals surface area contributed by atoms with E-state index in [1.54, 1.807) is 6.07 Å². The smallest absolute Gasteiger partial charge is 0.264 e. The Labute approximate surface area is 101 Å². The van der Waals surface area contributed by atoms with Gasteiger partial charge >= 0.3 is 0 Å². The second kappa shape index (κ2) is 6.50. The molecule has 0 saturated carbocycles. The summed E-state index contributed by atoms with van der Waals surface area (Å²) in [5, 5.41) is 0.302. The molecule has 0 unspecified atom stereocenters. The summed E-state index contributed by atoms with van der Waals surface area (Å²) in [6, 6.07) is 5.68. The molecule has 1 aromatic carbocycles. The Balaban J connectivity index is 0.00000106. The minimum absolute atomic E-state index is 0.0276. The van der Waals surface area contributed by atoms with Crippen molar-refractivity contribution in [1.82, 2.24) is 4.72 Å². The molecule has 0 saturated heterocycles. The Bertz CT molecular complexity index is 457. The Hall–Kier alpha value is -1.07. The summed E-state index contributed by atoms with van der Waals surface area (Å²) in [5.74, 6) is -0.634. The molecule has 0 atom stereocenters. The number of benzene rings is 1. The number of nitrogens with one attached hydrogen (secondary N) is 1. The summed E-state index contributed by atoms with van der Waals surface area (Å²) in [5.41, 5.74) is 0. The molecular formula is C10H14ClNO3S. The molecule has 0 aliphatic rings. The molecule has 0 bridgehead atoms. The molecule has 90 valence electrons. The van der Waals surface area contributed by atoms with E-state index >= 15 is 0 Å². The number of hydrogen-bond acceptors (Lipinski definition) is 3. The van der Waals surface area contributed by atoms with Crippen LogP contribution in [0.1, 0.15) is 20.8 Å². The number of halogens is 1. The number of hydrogen-bond donors (Lipinski definition) is 1. The largest absolute Gasteiger partial charge is 0.274 e. The maximum absolute atomic E-state index is 11.4. The zero-order valence-electron chi connectivity index (χ0n) is 9.32. The summed E-state index contributed by atoms with van der Waals surface area (Å²) in [7, 11) is -3.77. The lowest BCUT2D eigenvalue weighted by Crippen LogP contribution is -2.28. The van der Waals surface area contributed by atoms with Crippen molar-refractivity contribution in [2.45, 2.75) is 25.7 Å². The van der Waals surface area contributed by atoms with Crippen molar-refractivity contribution < 1.29 is 13.2 Å². The van der Waals surface area contributed by atoms with Gasteiger partial charge in [0.25, 0.3) is 10.0 Å². The quantitative estimate of drug-likeness (QED) is 0.890. The highest BCUT2D eigenvalue weighted by Gasteiger charge is 2.14. The van der Waals surface area contributed by atoms with Crippen LogP contribution in [0.3, 0.4) is 0 Å². The Kier molecular flexibility index (Phi) is 6.06. The van der Waals surface area contributed by atoms with Crippen LogP contribution in [-0.2, 0) is 14.8 Å². The molecular weight excluding hydrogens is 250 g/mol. The lowest BCUT2D eigenvalue weighted by Gasteiger charge is -2.03. The predicted octanol–water partition coefficient (Wildman–Crippen LogP) is 2.19. The predicted molar refractivity (Wildman–Crippen MR) is 63.8 cm³/mol. The van der Waals surface area contributed by atoms with Gasteiger partial charge in [-0.05, 0) is 18.2 Å². The standard InChI is InChI=1S/C8H8ClNO3S.C2H6/c1-6(11)10-14(12,13)8-4-2-3-7(9)5-8;1-2/h2-5H,1H3,(H,10,11);1-2H3. The van der Waals surface area contributed by atoms with Crippen LogP contribution in [0, 0.1) is 0 Å². The third kappa shape index (κ3) is 4.63. The van der Waals surface area contributed by atoms with Crippen LogP contribution in [0.25, 0.3) is 0 Å². The lowest BCUT2D eigenvalue weighted by atomic mass is 10.4. The maximum atomic E-state index is 11.4. The monoisotopic (exact) mass is 263 g/mol. The van der Waals surface area contributed by atoms with Gasteiger partial charge < -0.3 is 0 Å². The number of carbonyl (C=O) groups excluding carboxylic acids is 1. The average molecular weight is 264 g/mol. The van der Waals surface area contributed by atoms with E-state index in [2.05, 4.69) is 0 Å². The molecule has 1 aromatic rings. The molecule has 0 fully saturated rings.